The van der Waals surface area contributed by atoms with Gasteiger partial charge < -0.3 is 0 Å². The maximum Gasteiger partial charge on any atom is 0.0266 e. The van der Waals surface area contributed by atoms with E-state index in [2.05, 4.69) is 47.3 Å². The number of hydrogen-bond acceptors (Lipinski definition) is 4. The Hall–Kier alpha value is -0.160. The van der Waals surface area contributed by atoms with Crippen LogP contribution in [-0.4, -0.2) is 95.1 Å². The van der Waals surface area contributed by atoms with Gasteiger partial charge in [0.2, 0.25) is 0 Å². The minimum atomic E-state index is 0.719. The molecule has 0 spiro atoms. The number of fused-ring (bicyclic) bond motifs is 2. The molecule has 0 amide bonds. The zero-order chi connectivity index (χ0) is 20.4. The topological polar surface area (TPSA) is 13.0 Å². The van der Waals surface area contributed by atoms with Gasteiger partial charge in [-0.15, -0.1) is 0 Å². The summed E-state index contributed by atoms with van der Waals surface area (Å²) in [7, 11) is 0. The number of hydrogen-bond donors (Lipinski definition) is 0. The summed E-state index contributed by atoms with van der Waals surface area (Å²) in [6, 6.07) is 4.89. The van der Waals surface area contributed by atoms with E-state index in [0.717, 1.165) is 36.3 Å². The van der Waals surface area contributed by atoms with Gasteiger partial charge in [0.05, 0.1) is 0 Å². The molecule has 4 heterocycles. The third-order valence-corrected chi connectivity index (χ3v) is 8.89. The summed E-state index contributed by atoms with van der Waals surface area (Å²) in [4.78, 5) is 11.3. The molecule has 4 fully saturated rings. The molecule has 0 N–H and O–H groups in total. The Morgan fingerprint density at radius 2 is 1.31 bits per heavy atom. The number of rotatable bonds is 8. The van der Waals surface area contributed by atoms with Crippen LogP contribution in [0, 0.1) is 0 Å². The van der Waals surface area contributed by atoms with Crippen LogP contribution in [0.2, 0.25) is 0 Å². The predicted molar refractivity (Wildman–Crippen MR) is 124 cm³/mol. The zero-order valence-corrected chi connectivity index (χ0v) is 19.9. The largest absolute Gasteiger partial charge is 0.299 e. The van der Waals surface area contributed by atoms with Crippen molar-refractivity contribution >= 4 is 0 Å². The highest BCUT2D eigenvalue weighted by Gasteiger charge is 2.41. The summed E-state index contributed by atoms with van der Waals surface area (Å²) >= 11 is 0. The van der Waals surface area contributed by atoms with Gasteiger partial charge >= 0.3 is 0 Å². The molecule has 4 aliphatic heterocycles. The lowest BCUT2D eigenvalue weighted by molar-refractivity contribution is 0.0594. The van der Waals surface area contributed by atoms with Crippen LogP contribution in [0.15, 0.2) is 0 Å². The molecule has 4 rings (SSSR count). The first-order valence-corrected chi connectivity index (χ1v) is 13.1. The molecule has 4 heteroatoms. The van der Waals surface area contributed by atoms with E-state index in [1.54, 1.807) is 0 Å². The van der Waals surface area contributed by atoms with E-state index < -0.39 is 0 Å². The summed E-state index contributed by atoms with van der Waals surface area (Å²) in [6.07, 6.45) is 12.7. The third kappa shape index (κ3) is 4.71. The molecule has 5 unspecified atom stereocenters. The van der Waals surface area contributed by atoms with Crippen LogP contribution < -0.4 is 0 Å². The van der Waals surface area contributed by atoms with Crippen molar-refractivity contribution in [2.45, 2.75) is 122 Å². The van der Waals surface area contributed by atoms with Gasteiger partial charge in [0.25, 0.3) is 0 Å². The van der Waals surface area contributed by atoms with Crippen LogP contribution in [0.4, 0.5) is 0 Å². The van der Waals surface area contributed by atoms with E-state index >= 15 is 0 Å². The van der Waals surface area contributed by atoms with Crippen molar-refractivity contribution in [2.75, 3.05) is 39.3 Å². The monoisotopic (exact) mass is 404 g/mol. The lowest BCUT2D eigenvalue weighted by atomic mass is 9.94. The molecule has 0 aliphatic carbocycles. The molecule has 0 aromatic rings. The van der Waals surface area contributed by atoms with E-state index in [4.69, 9.17) is 0 Å². The normalized spacial score (nSPS) is 35.9. The van der Waals surface area contributed by atoms with E-state index in [-0.39, 0.29) is 0 Å². The molecule has 0 aromatic heterocycles. The SMILES string of the molecule is CCN1CCC2C1CCCN2C(C)CCCCN1CCC2C1CCCN2C(C)C. The van der Waals surface area contributed by atoms with Crippen molar-refractivity contribution in [3.63, 3.8) is 0 Å². The zero-order valence-electron chi connectivity index (χ0n) is 19.9. The molecule has 29 heavy (non-hydrogen) atoms. The van der Waals surface area contributed by atoms with Gasteiger partial charge in [-0.05, 0) is 98.3 Å². The molecule has 168 valence electrons. The second kappa shape index (κ2) is 9.97. The molecule has 4 nitrogen and oxygen atoms in total. The predicted octanol–water partition coefficient (Wildman–Crippen LogP) is 4.05. The van der Waals surface area contributed by atoms with Crippen LogP contribution in [0.5, 0.6) is 0 Å². The van der Waals surface area contributed by atoms with Crippen molar-refractivity contribution in [3.05, 3.63) is 0 Å². The van der Waals surface area contributed by atoms with Crippen LogP contribution in [0.25, 0.3) is 0 Å². The van der Waals surface area contributed by atoms with E-state index in [1.165, 1.54) is 97.1 Å². The van der Waals surface area contributed by atoms with Crippen molar-refractivity contribution < 1.29 is 0 Å². The molecular formula is C25H48N4. The van der Waals surface area contributed by atoms with Crippen LogP contribution >= 0.6 is 0 Å². The minimum Gasteiger partial charge on any atom is -0.299 e. The molecule has 0 aromatic carbocycles. The third-order valence-electron chi connectivity index (χ3n) is 8.89. The molecule has 4 saturated heterocycles. The molecule has 4 aliphatic rings. The average molecular weight is 405 g/mol. The Kier molecular flexibility index (Phi) is 7.58. The number of piperidine rings is 2. The van der Waals surface area contributed by atoms with Gasteiger partial charge in [-0.1, -0.05) is 13.3 Å². The number of nitrogens with zero attached hydrogens (tertiary/aromatic N) is 4. The van der Waals surface area contributed by atoms with Crippen LogP contribution in [0.1, 0.15) is 85.5 Å². The smallest absolute Gasteiger partial charge is 0.0266 e. The number of likely N-dealkylation sites (N-methyl/N-ethyl adjacent to an activating group) is 1. The number of likely N-dealkylation sites (tertiary alicyclic amines) is 4. The van der Waals surface area contributed by atoms with Crippen LogP contribution in [-0.2, 0) is 0 Å². The second-order valence-corrected chi connectivity index (χ2v) is 10.7. The van der Waals surface area contributed by atoms with E-state index in [1.807, 2.05) is 0 Å². The first kappa shape index (κ1) is 22.0. The van der Waals surface area contributed by atoms with Crippen molar-refractivity contribution in [3.8, 4) is 0 Å². The Bertz CT molecular complexity index is 509. The quantitative estimate of drug-likeness (QED) is 0.566. The summed E-state index contributed by atoms with van der Waals surface area (Å²) < 4.78 is 0. The first-order valence-electron chi connectivity index (χ1n) is 13.1. The molecule has 0 radical (unpaired) electrons. The Morgan fingerprint density at radius 1 is 0.690 bits per heavy atom. The van der Waals surface area contributed by atoms with Gasteiger partial charge in [0.15, 0.2) is 0 Å². The van der Waals surface area contributed by atoms with Crippen molar-refractivity contribution in [1.29, 1.82) is 0 Å². The van der Waals surface area contributed by atoms with Gasteiger partial charge in [-0.25, -0.2) is 0 Å². The fourth-order valence-electron chi connectivity index (χ4n) is 7.40. The minimum absolute atomic E-state index is 0.719. The standard InChI is InChI=1S/C25H48N4/c1-5-26-18-13-25-22(26)11-9-17-29(25)21(4)10-6-7-15-27-19-14-24-23(27)12-8-16-28(24)20(2)3/h20-25H,5-19H2,1-4H3. The molecule has 0 saturated carbocycles. The van der Waals surface area contributed by atoms with E-state index in [9.17, 15) is 0 Å². The summed E-state index contributed by atoms with van der Waals surface area (Å²) in [6.45, 7) is 17.6. The fraction of sp³-hybridized carbons (Fsp3) is 1.00. The fourth-order valence-corrected chi connectivity index (χ4v) is 7.40. The molecule has 0 bridgehead atoms. The van der Waals surface area contributed by atoms with Gasteiger partial charge in [0.1, 0.15) is 0 Å². The average Bonchev–Trinajstić information content (AvgIpc) is 3.34. The highest BCUT2D eigenvalue weighted by Crippen LogP contribution is 2.34. The Morgan fingerprint density at radius 3 is 2.00 bits per heavy atom. The highest BCUT2D eigenvalue weighted by atomic mass is 15.3. The van der Waals surface area contributed by atoms with Crippen LogP contribution in [0.3, 0.4) is 0 Å². The van der Waals surface area contributed by atoms with Gasteiger partial charge in [0, 0.05) is 49.3 Å². The van der Waals surface area contributed by atoms with E-state index in [0.29, 0.717) is 0 Å². The second-order valence-electron chi connectivity index (χ2n) is 10.7. The van der Waals surface area contributed by atoms with Crippen molar-refractivity contribution in [1.82, 2.24) is 19.6 Å². The molecular weight excluding hydrogens is 356 g/mol. The highest BCUT2D eigenvalue weighted by molar-refractivity contribution is 4.98. The van der Waals surface area contributed by atoms with Crippen molar-refractivity contribution in [2.24, 2.45) is 0 Å². The Balaban J connectivity index is 1.20. The molecule has 5 atom stereocenters. The maximum atomic E-state index is 2.90. The summed E-state index contributed by atoms with van der Waals surface area (Å²) in [5.74, 6) is 0. The lowest BCUT2D eigenvalue weighted by Gasteiger charge is -2.43. The first-order chi connectivity index (χ1) is 14.1. The summed E-state index contributed by atoms with van der Waals surface area (Å²) in [5.41, 5.74) is 0. The maximum absolute atomic E-state index is 2.90. The number of unbranched alkanes of at least 4 members (excludes halogenated alkanes) is 1. The lowest BCUT2D eigenvalue weighted by Crippen LogP contribution is -2.52. The Labute approximate surface area is 181 Å². The summed E-state index contributed by atoms with van der Waals surface area (Å²) in [5, 5.41) is 0. The van der Waals surface area contributed by atoms with Gasteiger partial charge in [-0.3, -0.25) is 19.6 Å². The van der Waals surface area contributed by atoms with Gasteiger partial charge in [-0.2, -0.15) is 0 Å².